The topological polar surface area (TPSA) is 107 Å². The first-order valence-corrected chi connectivity index (χ1v) is 6.27. The van der Waals surface area contributed by atoms with Crippen molar-refractivity contribution < 1.29 is 4.52 Å². The highest BCUT2D eigenvalue weighted by Crippen LogP contribution is 2.28. The van der Waals surface area contributed by atoms with Crippen LogP contribution in [0.3, 0.4) is 0 Å². The molecule has 0 aromatic carbocycles. The Morgan fingerprint density at radius 1 is 1.44 bits per heavy atom. The molecule has 2 heterocycles. The van der Waals surface area contributed by atoms with E-state index in [9.17, 15) is 0 Å². The molecular weight excluding hydrogens is 232 g/mol. The van der Waals surface area contributed by atoms with Crippen molar-refractivity contribution in [3.63, 3.8) is 0 Å². The molecule has 0 saturated heterocycles. The first-order valence-electron chi connectivity index (χ1n) is 6.27. The SMILES string of the molecule is NC(Cc1nc(-c2ncn[nH]2)no1)C1CCCC1. The van der Waals surface area contributed by atoms with E-state index >= 15 is 0 Å². The summed E-state index contributed by atoms with van der Waals surface area (Å²) in [5.74, 6) is 2.10. The lowest BCUT2D eigenvalue weighted by atomic mass is 9.96. The molecule has 1 atom stereocenters. The maximum atomic E-state index is 6.18. The van der Waals surface area contributed by atoms with Crippen LogP contribution in [0.4, 0.5) is 0 Å². The van der Waals surface area contributed by atoms with Crippen LogP contribution in [0, 0.1) is 5.92 Å². The van der Waals surface area contributed by atoms with Crippen molar-refractivity contribution in [1.82, 2.24) is 25.3 Å². The van der Waals surface area contributed by atoms with Crippen molar-refractivity contribution in [1.29, 1.82) is 0 Å². The van der Waals surface area contributed by atoms with Crippen molar-refractivity contribution >= 4 is 0 Å². The average Bonchev–Trinajstić information content (AvgIpc) is 3.12. The Morgan fingerprint density at radius 3 is 3.00 bits per heavy atom. The van der Waals surface area contributed by atoms with Gasteiger partial charge in [-0.1, -0.05) is 18.0 Å². The summed E-state index contributed by atoms with van der Waals surface area (Å²) >= 11 is 0. The zero-order valence-corrected chi connectivity index (χ0v) is 10.0. The molecule has 0 bridgehead atoms. The summed E-state index contributed by atoms with van der Waals surface area (Å²) in [5.41, 5.74) is 6.18. The van der Waals surface area contributed by atoms with Crippen molar-refractivity contribution in [2.24, 2.45) is 11.7 Å². The zero-order valence-electron chi connectivity index (χ0n) is 10.0. The molecular formula is C11H16N6O. The van der Waals surface area contributed by atoms with Crippen LogP contribution >= 0.6 is 0 Å². The van der Waals surface area contributed by atoms with E-state index in [0.717, 1.165) is 0 Å². The van der Waals surface area contributed by atoms with E-state index in [1.54, 1.807) is 0 Å². The fourth-order valence-corrected chi connectivity index (χ4v) is 2.50. The highest BCUT2D eigenvalue weighted by Gasteiger charge is 2.24. The fraction of sp³-hybridized carbons (Fsp3) is 0.636. The summed E-state index contributed by atoms with van der Waals surface area (Å²) in [6.45, 7) is 0. The molecule has 0 radical (unpaired) electrons. The van der Waals surface area contributed by atoms with E-state index in [-0.39, 0.29) is 6.04 Å². The molecule has 0 amide bonds. The summed E-state index contributed by atoms with van der Waals surface area (Å²) in [7, 11) is 0. The molecule has 96 valence electrons. The van der Waals surface area contributed by atoms with Crippen molar-refractivity contribution in [2.45, 2.75) is 38.1 Å². The van der Waals surface area contributed by atoms with E-state index in [1.807, 2.05) is 0 Å². The number of hydrogen-bond acceptors (Lipinski definition) is 6. The number of hydrogen-bond donors (Lipinski definition) is 2. The summed E-state index contributed by atoms with van der Waals surface area (Å²) in [6, 6.07) is 0.107. The van der Waals surface area contributed by atoms with E-state index in [2.05, 4.69) is 25.3 Å². The third-order valence-electron chi connectivity index (χ3n) is 3.51. The van der Waals surface area contributed by atoms with Gasteiger partial charge in [0.2, 0.25) is 11.7 Å². The zero-order chi connectivity index (χ0) is 12.4. The number of H-pyrrole nitrogens is 1. The van der Waals surface area contributed by atoms with Gasteiger partial charge in [0.1, 0.15) is 6.33 Å². The molecule has 1 aliphatic carbocycles. The summed E-state index contributed by atoms with van der Waals surface area (Å²) in [4.78, 5) is 8.25. The summed E-state index contributed by atoms with van der Waals surface area (Å²) in [6.07, 6.45) is 7.03. The van der Waals surface area contributed by atoms with Gasteiger partial charge in [-0.25, -0.2) is 4.98 Å². The first kappa shape index (κ1) is 11.3. The van der Waals surface area contributed by atoms with Crippen molar-refractivity contribution in [2.75, 3.05) is 0 Å². The summed E-state index contributed by atoms with van der Waals surface area (Å²) in [5, 5.41) is 10.3. The second kappa shape index (κ2) is 4.85. The lowest BCUT2D eigenvalue weighted by molar-refractivity contribution is 0.341. The number of nitrogens with one attached hydrogen (secondary N) is 1. The minimum atomic E-state index is 0.107. The molecule has 0 spiro atoms. The Bertz CT molecular complexity index is 487. The Hall–Kier alpha value is -1.76. The molecule has 1 fully saturated rings. The highest BCUT2D eigenvalue weighted by molar-refractivity contribution is 5.39. The number of nitrogens with zero attached hydrogens (tertiary/aromatic N) is 4. The summed E-state index contributed by atoms with van der Waals surface area (Å²) < 4.78 is 5.19. The highest BCUT2D eigenvalue weighted by atomic mass is 16.5. The normalized spacial score (nSPS) is 18.3. The van der Waals surface area contributed by atoms with Gasteiger partial charge in [0.05, 0.1) is 0 Å². The molecule has 7 nitrogen and oxygen atoms in total. The maximum Gasteiger partial charge on any atom is 0.239 e. The Balaban J connectivity index is 1.66. The monoisotopic (exact) mass is 248 g/mol. The molecule has 2 aromatic rings. The predicted octanol–water partition coefficient (Wildman–Crippen LogP) is 0.915. The van der Waals surface area contributed by atoms with Gasteiger partial charge in [-0.05, 0) is 18.8 Å². The quantitative estimate of drug-likeness (QED) is 0.833. The molecule has 2 aromatic heterocycles. The van der Waals surface area contributed by atoms with E-state index in [1.165, 1.54) is 32.0 Å². The molecule has 1 saturated carbocycles. The second-order valence-corrected chi connectivity index (χ2v) is 4.76. The minimum Gasteiger partial charge on any atom is -0.339 e. The van der Waals surface area contributed by atoms with Gasteiger partial charge in [-0.15, -0.1) is 0 Å². The van der Waals surface area contributed by atoms with Crippen LogP contribution in [0.25, 0.3) is 11.6 Å². The molecule has 18 heavy (non-hydrogen) atoms. The van der Waals surface area contributed by atoms with Gasteiger partial charge in [0.15, 0.2) is 5.82 Å². The van der Waals surface area contributed by atoms with E-state index in [0.29, 0.717) is 29.9 Å². The molecule has 1 unspecified atom stereocenters. The third kappa shape index (κ3) is 2.26. The Morgan fingerprint density at radius 2 is 2.28 bits per heavy atom. The average molecular weight is 248 g/mol. The maximum absolute atomic E-state index is 6.18. The van der Waals surface area contributed by atoms with E-state index < -0.39 is 0 Å². The largest absolute Gasteiger partial charge is 0.339 e. The van der Waals surface area contributed by atoms with Gasteiger partial charge in [0, 0.05) is 12.5 Å². The molecule has 1 aliphatic rings. The lowest BCUT2D eigenvalue weighted by Crippen LogP contribution is -2.30. The first-order chi connectivity index (χ1) is 8.83. The number of nitrogens with two attached hydrogens (primary N) is 1. The smallest absolute Gasteiger partial charge is 0.239 e. The molecule has 3 N–H and O–H groups in total. The van der Waals surface area contributed by atoms with Gasteiger partial charge < -0.3 is 10.3 Å². The van der Waals surface area contributed by atoms with Crippen LogP contribution in [0.15, 0.2) is 10.9 Å². The van der Waals surface area contributed by atoms with Crippen molar-refractivity contribution in [3.05, 3.63) is 12.2 Å². The van der Waals surface area contributed by atoms with Crippen LogP contribution in [0.5, 0.6) is 0 Å². The fourth-order valence-electron chi connectivity index (χ4n) is 2.50. The number of aromatic nitrogens is 5. The van der Waals surface area contributed by atoms with Gasteiger partial charge >= 0.3 is 0 Å². The predicted molar refractivity (Wildman–Crippen MR) is 63.3 cm³/mol. The second-order valence-electron chi connectivity index (χ2n) is 4.76. The number of rotatable bonds is 4. The van der Waals surface area contributed by atoms with Crippen LogP contribution < -0.4 is 5.73 Å². The molecule has 0 aliphatic heterocycles. The van der Waals surface area contributed by atoms with Gasteiger partial charge in [-0.3, -0.25) is 5.10 Å². The van der Waals surface area contributed by atoms with Crippen molar-refractivity contribution in [3.8, 4) is 11.6 Å². The van der Waals surface area contributed by atoms with Gasteiger partial charge in [0.25, 0.3) is 0 Å². The van der Waals surface area contributed by atoms with Crippen LogP contribution in [-0.2, 0) is 6.42 Å². The molecule has 7 heteroatoms. The van der Waals surface area contributed by atoms with Gasteiger partial charge in [-0.2, -0.15) is 10.1 Å². The van der Waals surface area contributed by atoms with Crippen LogP contribution in [0.2, 0.25) is 0 Å². The van der Waals surface area contributed by atoms with Crippen LogP contribution in [0.1, 0.15) is 31.6 Å². The molecule has 3 rings (SSSR count). The standard InChI is InChI=1S/C11H16N6O/c12-8(7-3-1-2-4-7)5-9-15-11(17-18-9)10-13-6-14-16-10/h6-8H,1-5,12H2,(H,13,14,16). The third-order valence-corrected chi connectivity index (χ3v) is 3.51. The Labute approximate surface area is 104 Å². The Kier molecular flexibility index (Phi) is 3.06. The lowest BCUT2D eigenvalue weighted by Gasteiger charge is -2.16. The van der Waals surface area contributed by atoms with E-state index in [4.69, 9.17) is 10.3 Å². The number of aromatic amines is 1. The minimum absolute atomic E-state index is 0.107. The van der Waals surface area contributed by atoms with Crippen LogP contribution in [-0.4, -0.2) is 31.4 Å².